The maximum atomic E-state index is 6.06. The summed E-state index contributed by atoms with van der Waals surface area (Å²) < 4.78 is 0. The second-order valence-electron chi connectivity index (χ2n) is 7.36. The lowest BCUT2D eigenvalue weighted by molar-refractivity contribution is 0.377. The molecule has 0 aliphatic carbocycles. The van der Waals surface area contributed by atoms with E-state index in [1.165, 1.54) is 4.91 Å². The molecule has 0 rings (SSSR count). The molecule has 106 valence electrons. The van der Waals surface area contributed by atoms with Gasteiger partial charge in [0, 0.05) is 5.70 Å². The fourth-order valence-electron chi connectivity index (χ4n) is 1.46. The normalized spacial score (nSPS) is 15.1. The fourth-order valence-corrected chi connectivity index (χ4v) is 2.54. The second kappa shape index (κ2) is 7.28. The van der Waals surface area contributed by atoms with E-state index in [2.05, 4.69) is 60.0 Å². The maximum absolute atomic E-state index is 6.06. The highest BCUT2D eigenvalue weighted by Gasteiger charge is 2.13. The van der Waals surface area contributed by atoms with Crippen molar-refractivity contribution >= 4 is 11.8 Å². The molecule has 0 aromatic rings. The highest BCUT2D eigenvalue weighted by atomic mass is 32.2. The van der Waals surface area contributed by atoms with Crippen LogP contribution in [-0.2, 0) is 0 Å². The van der Waals surface area contributed by atoms with Gasteiger partial charge in [0.25, 0.3) is 0 Å². The van der Waals surface area contributed by atoms with Crippen LogP contribution in [0.25, 0.3) is 0 Å². The Kier molecular flexibility index (Phi) is 7.13. The lowest BCUT2D eigenvalue weighted by Crippen LogP contribution is -2.08. The number of thioether (sulfide) groups is 1. The van der Waals surface area contributed by atoms with E-state index in [4.69, 9.17) is 5.73 Å². The molecule has 2 N–H and O–H groups in total. The topological polar surface area (TPSA) is 26.0 Å². The van der Waals surface area contributed by atoms with Crippen molar-refractivity contribution in [2.24, 2.45) is 16.6 Å². The minimum Gasteiger partial charge on any atom is -0.402 e. The first-order chi connectivity index (χ1) is 8.03. The van der Waals surface area contributed by atoms with Gasteiger partial charge in [-0.05, 0) is 47.3 Å². The number of allylic oxidation sites excluding steroid dienone is 3. The second-order valence-corrected chi connectivity index (χ2v) is 8.36. The van der Waals surface area contributed by atoms with E-state index in [9.17, 15) is 0 Å². The highest BCUT2D eigenvalue weighted by molar-refractivity contribution is 8.05. The first kappa shape index (κ1) is 17.6. The van der Waals surface area contributed by atoms with Crippen molar-refractivity contribution in [3.63, 3.8) is 0 Å². The maximum Gasteiger partial charge on any atom is 0.0148 e. The Morgan fingerprint density at radius 2 is 1.61 bits per heavy atom. The van der Waals surface area contributed by atoms with Crippen molar-refractivity contribution in [1.82, 2.24) is 0 Å². The van der Waals surface area contributed by atoms with Gasteiger partial charge in [0.15, 0.2) is 0 Å². The average molecular weight is 269 g/mol. The van der Waals surface area contributed by atoms with Crippen LogP contribution in [0.2, 0.25) is 0 Å². The van der Waals surface area contributed by atoms with E-state index in [0.29, 0.717) is 10.8 Å². The van der Waals surface area contributed by atoms with Crippen LogP contribution in [0.5, 0.6) is 0 Å². The molecule has 0 aromatic carbocycles. The zero-order valence-electron chi connectivity index (χ0n) is 13.3. The minimum absolute atomic E-state index is 0.336. The van der Waals surface area contributed by atoms with Crippen molar-refractivity contribution in [3.8, 4) is 0 Å². The number of hydrogen-bond donors (Lipinski definition) is 1. The monoisotopic (exact) mass is 269 g/mol. The summed E-state index contributed by atoms with van der Waals surface area (Å²) >= 11 is 1.78. The summed E-state index contributed by atoms with van der Waals surface area (Å²) in [7, 11) is 0. The minimum atomic E-state index is 0.336. The number of rotatable bonds is 5. The Bertz CT molecular complexity index is 300. The lowest BCUT2D eigenvalue weighted by atomic mass is 9.90. The molecule has 0 unspecified atom stereocenters. The van der Waals surface area contributed by atoms with Gasteiger partial charge < -0.3 is 5.73 Å². The van der Waals surface area contributed by atoms with Gasteiger partial charge in [-0.25, -0.2) is 0 Å². The third kappa shape index (κ3) is 10.8. The molecule has 0 spiro atoms. The van der Waals surface area contributed by atoms with Gasteiger partial charge in [-0.1, -0.05) is 47.6 Å². The predicted octanol–water partition coefficient (Wildman–Crippen LogP) is 5.69. The van der Waals surface area contributed by atoms with Crippen LogP contribution in [0, 0.1) is 10.8 Å². The van der Waals surface area contributed by atoms with E-state index in [1.807, 2.05) is 0 Å². The third-order valence-electron chi connectivity index (χ3n) is 2.55. The Hall–Kier alpha value is -0.370. The Morgan fingerprint density at radius 1 is 1.06 bits per heavy atom. The van der Waals surface area contributed by atoms with E-state index in [-0.39, 0.29) is 0 Å². The van der Waals surface area contributed by atoms with Gasteiger partial charge in [0.2, 0.25) is 0 Å². The molecule has 2 heteroatoms. The first-order valence-electron chi connectivity index (χ1n) is 6.80. The molecule has 0 aliphatic rings. The summed E-state index contributed by atoms with van der Waals surface area (Å²) in [5, 5.41) is 2.12. The molecule has 1 nitrogen and oxygen atoms in total. The zero-order chi connectivity index (χ0) is 14.4. The summed E-state index contributed by atoms with van der Waals surface area (Å²) in [6, 6.07) is 0. The molecule has 0 amide bonds. The van der Waals surface area contributed by atoms with E-state index in [0.717, 1.165) is 25.0 Å². The van der Waals surface area contributed by atoms with Crippen LogP contribution in [0.15, 0.2) is 22.1 Å². The molecule has 0 saturated carbocycles. The standard InChI is InChI=1S/C16H31NS/c1-8-14(11-16(5,6)7)18-12-13(17)9-10-15(2,3)4/h8,12H,9-11,17H2,1-7H3/b13-12-,14-8-. The van der Waals surface area contributed by atoms with Crippen LogP contribution < -0.4 is 5.73 Å². The summed E-state index contributed by atoms with van der Waals surface area (Å²) in [6.07, 6.45) is 5.43. The van der Waals surface area contributed by atoms with Crippen LogP contribution in [-0.4, -0.2) is 0 Å². The fraction of sp³-hybridized carbons (Fsp3) is 0.750. The molecule has 18 heavy (non-hydrogen) atoms. The van der Waals surface area contributed by atoms with Crippen LogP contribution in [0.4, 0.5) is 0 Å². The Labute approximate surface area is 118 Å². The van der Waals surface area contributed by atoms with E-state index in [1.54, 1.807) is 11.8 Å². The van der Waals surface area contributed by atoms with Crippen molar-refractivity contribution < 1.29 is 0 Å². The highest BCUT2D eigenvalue weighted by Crippen LogP contribution is 2.32. The summed E-state index contributed by atoms with van der Waals surface area (Å²) in [4.78, 5) is 1.40. The summed E-state index contributed by atoms with van der Waals surface area (Å²) in [5.41, 5.74) is 7.76. The van der Waals surface area contributed by atoms with Crippen molar-refractivity contribution in [2.45, 2.75) is 67.7 Å². The molecule has 0 aliphatic heterocycles. The van der Waals surface area contributed by atoms with E-state index < -0.39 is 0 Å². The van der Waals surface area contributed by atoms with Gasteiger partial charge >= 0.3 is 0 Å². The number of nitrogens with two attached hydrogens (primary N) is 1. The Morgan fingerprint density at radius 3 is 2.00 bits per heavy atom. The molecule has 0 radical (unpaired) electrons. The molecular weight excluding hydrogens is 238 g/mol. The van der Waals surface area contributed by atoms with Crippen LogP contribution >= 0.6 is 11.8 Å². The molecular formula is C16H31NS. The lowest BCUT2D eigenvalue weighted by Gasteiger charge is -2.20. The van der Waals surface area contributed by atoms with E-state index >= 15 is 0 Å². The Balaban J connectivity index is 4.27. The molecule has 0 bridgehead atoms. The van der Waals surface area contributed by atoms with Gasteiger partial charge in [0.1, 0.15) is 0 Å². The van der Waals surface area contributed by atoms with Gasteiger partial charge in [0.05, 0.1) is 0 Å². The van der Waals surface area contributed by atoms with Crippen LogP contribution in [0.3, 0.4) is 0 Å². The van der Waals surface area contributed by atoms with Crippen molar-refractivity contribution in [3.05, 3.63) is 22.1 Å². The SMILES string of the molecule is C/C=C(/CC(C)(C)C)S/C=C(\N)CCC(C)(C)C. The third-order valence-corrected chi connectivity index (χ3v) is 3.66. The first-order valence-corrected chi connectivity index (χ1v) is 7.68. The van der Waals surface area contributed by atoms with Crippen LogP contribution in [0.1, 0.15) is 67.7 Å². The van der Waals surface area contributed by atoms with Gasteiger partial charge in [-0.3, -0.25) is 0 Å². The molecule has 0 heterocycles. The largest absolute Gasteiger partial charge is 0.402 e. The quantitative estimate of drug-likeness (QED) is 0.694. The van der Waals surface area contributed by atoms with Crippen molar-refractivity contribution in [1.29, 1.82) is 0 Å². The molecule has 0 atom stereocenters. The zero-order valence-corrected chi connectivity index (χ0v) is 14.1. The molecule has 0 fully saturated rings. The summed E-state index contributed by atoms with van der Waals surface area (Å²) in [5.74, 6) is 0. The number of hydrogen-bond acceptors (Lipinski definition) is 2. The average Bonchev–Trinajstić information content (AvgIpc) is 2.18. The molecule has 0 aromatic heterocycles. The summed E-state index contributed by atoms with van der Waals surface area (Å²) in [6.45, 7) is 15.7. The predicted molar refractivity (Wildman–Crippen MR) is 86.4 cm³/mol. The van der Waals surface area contributed by atoms with Crippen molar-refractivity contribution in [2.75, 3.05) is 0 Å². The molecule has 0 saturated heterocycles. The van der Waals surface area contributed by atoms with Gasteiger partial charge in [-0.15, -0.1) is 11.8 Å². The smallest absolute Gasteiger partial charge is 0.0148 e. The van der Waals surface area contributed by atoms with Gasteiger partial charge in [-0.2, -0.15) is 0 Å².